The number of benzene rings is 1. The van der Waals surface area contributed by atoms with Gasteiger partial charge < -0.3 is 29.0 Å². The molecule has 0 fully saturated rings. The molecule has 0 spiro atoms. The molecule has 0 atom stereocenters. The standard InChI is InChI=1S/C11H17NO3.H2O4S/c1-13-9-6-8(4-5-12)7-10(14-2)11(9)15-3;1-5(2,3)4/h6-7H,4-5,12H2,1-3H3;(H2,1,2,3,4)/p-2. The van der Waals surface area contributed by atoms with Gasteiger partial charge in [0.15, 0.2) is 11.5 Å². The second-order valence-corrected chi connectivity index (χ2v) is 4.30. The van der Waals surface area contributed by atoms with E-state index >= 15 is 0 Å². The van der Waals surface area contributed by atoms with E-state index in [2.05, 4.69) is 0 Å². The van der Waals surface area contributed by atoms with E-state index in [4.69, 9.17) is 37.5 Å². The molecule has 0 aromatic heterocycles. The van der Waals surface area contributed by atoms with Gasteiger partial charge in [0.1, 0.15) is 0 Å². The van der Waals surface area contributed by atoms with Crippen LogP contribution in [0.1, 0.15) is 5.56 Å². The van der Waals surface area contributed by atoms with Crippen LogP contribution in [-0.4, -0.2) is 45.4 Å². The van der Waals surface area contributed by atoms with Crippen LogP contribution < -0.4 is 19.9 Å². The number of methoxy groups -OCH3 is 3. The lowest BCUT2D eigenvalue weighted by molar-refractivity contribution is 0.324. The molecule has 20 heavy (non-hydrogen) atoms. The Morgan fingerprint density at radius 1 is 1.05 bits per heavy atom. The van der Waals surface area contributed by atoms with Crippen LogP contribution in [0.25, 0.3) is 0 Å². The molecule has 0 saturated heterocycles. The molecular formula is C11H17NO7S-2. The van der Waals surface area contributed by atoms with Gasteiger partial charge in [0.25, 0.3) is 0 Å². The van der Waals surface area contributed by atoms with Gasteiger partial charge in [-0.1, -0.05) is 0 Å². The summed E-state index contributed by atoms with van der Waals surface area (Å²) < 4.78 is 49.7. The van der Waals surface area contributed by atoms with E-state index in [0.717, 1.165) is 12.0 Å². The number of nitrogens with two attached hydrogens (primary N) is 1. The van der Waals surface area contributed by atoms with E-state index in [1.54, 1.807) is 21.3 Å². The van der Waals surface area contributed by atoms with Gasteiger partial charge >= 0.3 is 0 Å². The molecule has 0 saturated carbocycles. The first-order chi connectivity index (χ1) is 9.26. The summed E-state index contributed by atoms with van der Waals surface area (Å²) in [6, 6.07) is 3.82. The predicted molar refractivity (Wildman–Crippen MR) is 69.3 cm³/mol. The summed E-state index contributed by atoms with van der Waals surface area (Å²) in [7, 11) is -0.379. The minimum absolute atomic E-state index is 0.596. The first kappa shape index (κ1) is 18.4. The summed E-state index contributed by atoms with van der Waals surface area (Å²) in [5, 5.41) is 0. The SMILES string of the molecule is COc1cc(CCN)cc(OC)c1OC.O=S(=O)([O-])[O-]. The van der Waals surface area contributed by atoms with Gasteiger partial charge in [-0.2, -0.15) is 0 Å². The van der Waals surface area contributed by atoms with Crippen LogP contribution in [0.5, 0.6) is 17.2 Å². The zero-order chi connectivity index (χ0) is 15.8. The molecule has 116 valence electrons. The van der Waals surface area contributed by atoms with Crippen LogP contribution in [0, 0.1) is 0 Å². The van der Waals surface area contributed by atoms with Crippen molar-refractivity contribution in [2.75, 3.05) is 27.9 Å². The lowest BCUT2D eigenvalue weighted by Gasteiger charge is -2.13. The monoisotopic (exact) mass is 307 g/mol. The van der Waals surface area contributed by atoms with Crippen LogP contribution in [0.4, 0.5) is 0 Å². The highest BCUT2D eigenvalue weighted by Gasteiger charge is 2.12. The highest BCUT2D eigenvalue weighted by molar-refractivity contribution is 7.79. The molecule has 2 N–H and O–H groups in total. The molecular weight excluding hydrogens is 290 g/mol. The van der Waals surface area contributed by atoms with Gasteiger partial charge in [0.05, 0.1) is 21.3 Å². The largest absolute Gasteiger partial charge is 0.759 e. The van der Waals surface area contributed by atoms with E-state index in [0.29, 0.717) is 23.8 Å². The van der Waals surface area contributed by atoms with Crippen molar-refractivity contribution in [1.82, 2.24) is 0 Å². The van der Waals surface area contributed by atoms with Crippen LogP contribution in [0.15, 0.2) is 12.1 Å². The van der Waals surface area contributed by atoms with Crippen molar-refractivity contribution in [3.05, 3.63) is 17.7 Å². The molecule has 0 aliphatic heterocycles. The fraction of sp³-hybridized carbons (Fsp3) is 0.455. The van der Waals surface area contributed by atoms with Crippen LogP contribution in [0.3, 0.4) is 0 Å². The van der Waals surface area contributed by atoms with Crippen molar-refractivity contribution >= 4 is 10.4 Å². The Bertz CT molecular complexity index is 482. The van der Waals surface area contributed by atoms with Crippen LogP contribution in [-0.2, 0) is 16.8 Å². The number of hydrogen-bond acceptors (Lipinski definition) is 8. The predicted octanol–water partition coefficient (Wildman–Crippen LogP) is -0.124. The maximum atomic E-state index is 8.52. The van der Waals surface area contributed by atoms with Crippen LogP contribution in [0.2, 0.25) is 0 Å². The Morgan fingerprint density at radius 3 is 1.70 bits per heavy atom. The summed E-state index contributed by atoms with van der Waals surface area (Å²) in [6.07, 6.45) is 0.788. The summed E-state index contributed by atoms with van der Waals surface area (Å²) in [5.41, 5.74) is 6.58. The number of hydrogen-bond donors (Lipinski definition) is 1. The minimum Gasteiger partial charge on any atom is -0.759 e. The second kappa shape index (κ2) is 8.59. The van der Waals surface area contributed by atoms with Gasteiger partial charge in [0.2, 0.25) is 5.75 Å². The third-order valence-electron chi connectivity index (χ3n) is 2.16. The van der Waals surface area contributed by atoms with Crippen molar-refractivity contribution < 1.29 is 31.7 Å². The maximum absolute atomic E-state index is 8.52. The molecule has 0 aliphatic rings. The Labute approximate surface area is 118 Å². The average molecular weight is 307 g/mol. The molecule has 9 heteroatoms. The Morgan fingerprint density at radius 2 is 1.45 bits per heavy atom. The van der Waals surface area contributed by atoms with E-state index < -0.39 is 10.4 Å². The topological polar surface area (TPSA) is 134 Å². The molecule has 0 heterocycles. The van der Waals surface area contributed by atoms with E-state index in [9.17, 15) is 0 Å². The summed E-state index contributed by atoms with van der Waals surface area (Å²) in [4.78, 5) is 0. The number of ether oxygens (including phenoxy) is 3. The van der Waals surface area contributed by atoms with Gasteiger partial charge in [0, 0.05) is 10.4 Å². The van der Waals surface area contributed by atoms with Gasteiger partial charge in [-0.25, -0.2) is 0 Å². The normalized spacial score (nSPS) is 10.3. The Balaban J connectivity index is 0.000000621. The molecule has 0 unspecified atom stereocenters. The van der Waals surface area contributed by atoms with Gasteiger partial charge in [-0.05, 0) is 30.7 Å². The molecule has 0 bridgehead atoms. The smallest absolute Gasteiger partial charge is 0.203 e. The van der Waals surface area contributed by atoms with E-state index in [1.807, 2.05) is 12.1 Å². The quantitative estimate of drug-likeness (QED) is 0.587. The summed E-state index contributed by atoms with van der Waals surface area (Å²) in [6.45, 7) is 0.596. The Kier molecular flexibility index (Phi) is 7.92. The zero-order valence-electron chi connectivity index (χ0n) is 11.4. The maximum Gasteiger partial charge on any atom is 0.203 e. The van der Waals surface area contributed by atoms with Crippen molar-refractivity contribution in [2.45, 2.75) is 6.42 Å². The summed E-state index contributed by atoms with van der Waals surface area (Å²) in [5.74, 6) is 1.95. The van der Waals surface area contributed by atoms with Crippen molar-refractivity contribution in [1.29, 1.82) is 0 Å². The first-order valence-electron chi connectivity index (χ1n) is 5.42. The number of rotatable bonds is 5. The third kappa shape index (κ3) is 7.14. The molecule has 0 aliphatic carbocycles. The lowest BCUT2D eigenvalue weighted by Crippen LogP contribution is -2.04. The fourth-order valence-corrected chi connectivity index (χ4v) is 1.45. The van der Waals surface area contributed by atoms with Gasteiger partial charge in [-0.15, -0.1) is 0 Å². The Hall–Kier alpha value is -1.55. The summed E-state index contributed by atoms with van der Waals surface area (Å²) >= 11 is 0. The van der Waals surface area contributed by atoms with Crippen molar-refractivity contribution in [3.63, 3.8) is 0 Å². The van der Waals surface area contributed by atoms with Crippen molar-refractivity contribution in [2.24, 2.45) is 5.73 Å². The molecule has 1 aromatic rings. The zero-order valence-corrected chi connectivity index (χ0v) is 12.2. The fourth-order valence-electron chi connectivity index (χ4n) is 1.45. The molecule has 1 aromatic carbocycles. The third-order valence-corrected chi connectivity index (χ3v) is 2.16. The highest BCUT2D eigenvalue weighted by Crippen LogP contribution is 2.38. The van der Waals surface area contributed by atoms with Gasteiger partial charge in [-0.3, -0.25) is 8.42 Å². The molecule has 0 radical (unpaired) electrons. The second-order valence-electron chi connectivity index (χ2n) is 3.48. The van der Waals surface area contributed by atoms with E-state index in [-0.39, 0.29) is 0 Å². The van der Waals surface area contributed by atoms with E-state index in [1.165, 1.54) is 0 Å². The van der Waals surface area contributed by atoms with Crippen molar-refractivity contribution in [3.8, 4) is 17.2 Å². The average Bonchev–Trinajstić information content (AvgIpc) is 2.35. The van der Waals surface area contributed by atoms with Crippen LogP contribution >= 0.6 is 0 Å². The molecule has 0 amide bonds. The first-order valence-corrected chi connectivity index (χ1v) is 6.75. The minimum atomic E-state index is -5.17. The molecule has 1 rings (SSSR count). The lowest BCUT2D eigenvalue weighted by atomic mass is 10.1. The molecule has 8 nitrogen and oxygen atoms in total. The highest BCUT2D eigenvalue weighted by atomic mass is 32.3.